The van der Waals surface area contributed by atoms with Gasteiger partial charge < -0.3 is 4.74 Å². The molecule has 0 bridgehead atoms. The smallest absolute Gasteiger partial charge is 0.0474 e. The van der Waals surface area contributed by atoms with Gasteiger partial charge >= 0.3 is 0 Å². The molecule has 7 rings (SSSR count). The van der Waals surface area contributed by atoms with E-state index in [0.29, 0.717) is 6.61 Å². The Hall–Kier alpha value is -3.77. The van der Waals surface area contributed by atoms with Crippen LogP contribution in [0.4, 0.5) is 0 Å². The van der Waals surface area contributed by atoms with Crippen molar-refractivity contribution in [3.63, 3.8) is 0 Å². The highest BCUT2D eigenvalue weighted by Crippen LogP contribution is 2.70. The summed E-state index contributed by atoms with van der Waals surface area (Å²) >= 11 is 0. The van der Waals surface area contributed by atoms with Crippen molar-refractivity contribution in [1.82, 2.24) is 0 Å². The summed E-state index contributed by atoms with van der Waals surface area (Å²) in [4.78, 5) is 0. The van der Waals surface area contributed by atoms with Crippen LogP contribution in [0.3, 0.4) is 0 Å². The predicted molar refractivity (Wildman–Crippen MR) is 175 cm³/mol. The van der Waals surface area contributed by atoms with Crippen LogP contribution in [0.15, 0.2) is 140 Å². The molecule has 2 unspecified atom stereocenters. The Morgan fingerprint density at radius 1 is 0.659 bits per heavy atom. The third-order valence-corrected chi connectivity index (χ3v) is 12.7. The average Bonchev–Trinajstić information content (AvgIpc) is 3.58. The minimum absolute atomic E-state index is 0.189. The van der Waals surface area contributed by atoms with Gasteiger partial charge in [-0.1, -0.05) is 153 Å². The lowest BCUT2D eigenvalue weighted by Crippen LogP contribution is -2.54. The van der Waals surface area contributed by atoms with Crippen molar-refractivity contribution in [2.75, 3.05) is 13.7 Å². The van der Waals surface area contributed by atoms with E-state index in [2.05, 4.69) is 153 Å². The Labute approximate surface area is 245 Å². The molecule has 0 radical (unpaired) electrons. The molecule has 1 nitrogen and oxygen atoms in total. The molecule has 0 spiro atoms. The van der Waals surface area contributed by atoms with Gasteiger partial charge in [0.2, 0.25) is 0 Å². The van der Waals surface area contributed by atoms with Gasteiger partial charge in [0.15, 0.2) is 0 Å². The van der Waals surface area contributed by atoms with E-state index in [9.17, 15) is 0 Å². The van der Waals surface area contributed by atoms with Crippen molar-refractivity contribution < 1.29 is 4.74 Å². The Balaban J connectivity index is 1.62. The zero-order valence-corrected chi connectivity index (χ0v) is 24.6. The number of hydrogen-bond acceptors (Lipinski definition) is 1. The molecule has 5 aromatic carbocycles. The van der Waals surface area contributed by atoms with E-state index in [-0.39, 0.29) is 16.5 Å². The maximum absolute atomic E-state index is 5.91. The van der Waals surface area contributed by atoms with Gasteiger partial charge in [0, 0.05) is 30.2 Å². The molecular weight excluding hydrogens is 515 g/mol. The molecule has 2 aliphatic carbocycles. The van der Waals surface area contributed by atoms with E-state index in [1.165, 1.54) is 44.0 Å². The molecule has 2 aliphatic rings. The highest BCUT2D eigenvalue weighted by Gasteiger charge is 2.60. The molecule has 2 heteroatoms. The molecule has 0 heterocycles. The van der Waals surface area contributed by atoms with Crippen molar-refractivity contribution in [1.29, 1.82) is 0 Å². The SMILES string of the molecule is COCCC1(C(C)(C2c3ccccc3-c3ccccc32)P(c2ccccc2)c2ccccc2)C=Cc2ccccc21. The topological polar surface area (TPSA) is 9.23 Å². The van der Waals surface area contributed by atoms with Crippen LogP contribution in [0, 0.1) is 0 Å². The van der Waals surface area contributed by atoms with Crippen LogP contribution in [0.2, 0.25) is 0 Å². The summed E-state index contributed by atoms with van der Waals surface area (Å²) in [7, 11) is 0.977. The van der Waals surface area contributed by atoms with E-state index >= 15 is 0 Å². The van der Waals surface area contributed by atoms with Crippen LogP contribution in [0.25, 0.3) is 17.2 Å². The molecule has 41 heavy (non-hydrogen) atoms. The van der Waals surface area contributed by atoms with Crippen molar-refractivity contribution >= 4 is 24.6 Å². The molecule has 0 saturated heterocycles. The van der Waals surface area contributed by atoms with Crippen LogP contribution in [-0.2, 0) is 10.2 Å². The average molecular weight is 551 g/mol. The van der Waals surface area contributed by atoms with Gasteiger partial charge in [0.05, 0.1) is 0 Å². The summed E-state index contributed by atoms with van der Waals surface area (Å²) in [5, 5.41) is 2.58. The standard InChI is InChI=1S/C39H35OP/c1-38(39(27-28-40-2)26-25-29-15-9-14-24-36(29)39,41(30-16-5-3-6-17-30)31-18-7-4-8-19-31)37-34-22-12-10-20-32(34)33-21-11-13-23-35(33)37/h3-26,37H,27-28H2,1-2H3. The molecule has 0 aliphatic heterocycles. The first-order valence-corrected chi connectivity index (χ1v) is 15.9. The van der Waals surface area contributed by atoms with Crippen molar-refractivity contribution in [3.05, 3.63) is 162 Å². The van der Waals surface area contributed by atoms with E-state index in [4.69, 9.17) is 4.74 Å². The number of rotatable bonds is 8. The monoisotopic (exact) mass is 550 g/mol. The Morgan fingerprint density at radius 2 is 1.17 bits per heavy atom. The second-order valence-electron chi connectivity index (χ2n) is 11.4. The fraction of sp³-hybridized carbons (Fsp3) is 0.179. The van der Waals surface area contributed by atoms with E-state index in [0.717, 1.165) is 6.42 Å². The molecular formula is C39H35OP. The van der Waals surface area contributed by atoms with Crippen LogP contribution >= 0.6 is 7.92 Å². The van der Waals surface area contributed by atoms with Crippen molar-refractivity contribution in [2.24, 2.45) is 0 Å². The first-order valence-electron chi connectivity index (χ1n) is 14.6. The fourth-order valence-electron chi connectivity index (χ4n) is 7.73. The van der Waals surface area contributed by atoms with Crippen LogP contribution in [-0.4, -0.2) is 18.9 Å². The molecule has 202 valence electrons. The van der Waals surface area contributed by atoms with E-state index in [1.807, 2.05) is 7.11 Å². The summed E-state index contributed by atoms with van der Waals surface area (Å²) in [5.41, 5.74) is 8.09. The van der Waals surface area contributed by atoms with Gasteiger partial charge in [-0.05, 0) is 58.3 Å². The first kappa shape index (κ1) is 26.1. The summed E-state index contributed by atoms with van der Waals surface area (Å²) in [6.07, 6.45) is 5.83. The summed E-state index contributed by atoms with van der Waals surface area (Å²) < 4.78 is 5.91. The minimum atomic E-state index is -0.864. The zero-order valence-electron chi connectivity index (χ0n) is 23.7. The molecule has 2 atom stereocenters. The maximum atomic E-state index is 5.91. The molecule has 0 saturated carbocycles. The van der Waals surface area contributed by atoms with Crippen molar-refractivity contribution in [2.45, 2.75) is 29.8 Å². The number of benzene rings is 5. The first-order chi connectivity index (χ1) is 20.2. The summed E-state index contributed by atoms with van der Waals surface area (Å²) in [6.45, 7) is 3.29. The lowest BCUT2D eigenvalue weighted by atomic mass is 9.63. The van der Waals surface area contributed by atoms with Gasteiger partial charge in [0.25, 0.3) is 0 Å². The molecule has 0 aromatic heterocycles. The third kappa shape index (κ3) is 3.98. The molecule has 5 aromatic rings. The predicted octanol–water partition coefficient (Wildman–Crippen LogP) is 8.69. The quantitative estimate of drug-likeness (QED) is 0.176. The van der Waals surface area contributed by atoms with E-state index in [1.54, 1.807) is 0 Å². The Bertz CT molecular complexity index is 1620. The number of hydrogen-bond donors (Lipinski definition) is 0. The minimum Gasteiger partial charge on any atom is -0.385 e. The van der Waals surface area contributed by atoms with Crippen molar-refractivity contribution in [3.8, 4) is 11.1 Å². The summed E-state index contributed by atoms with van der Waals surface area (Å²) in [5.74, 6) is 0.189. The Morgan fingerprint density at radius 3 is 1.76 bits per heavy atom. The van der Waals surface area contributed by atoms with Crippen LogP contribution in [0.1, 0.15) is 41.5 Å². The van der Waals surface area contributed by atoms with Gasteiger partial charge in [-0.2, -0.15) is 0 Å². The summed E-state index contributed by atoms with van der Waals surface area (Å²) in [6, 6.07) is 49.9. The second-order valence-corrected chi connectivity index (χ2v) is 14.0. The van der Waals surface area contributed by atoms with Gasteiger partial charge in [0.1, 0.15) is 0 Å². The maximum Gasteiger partial charge on any atom is 0.0474 e. The van der Waals surface area contributed by atoms with Gasteiger partial charge in [-0.25, -0.2) is 0 Å². The normalized spacial score (nSPS) is 18.6. The number of ether oxygens (including phenoxy) is 1. The lowest BCUT2D eigenvalue weighted by molar-refractivity contribution is 0.165. The highest BCUT2D eigenvalue weighted by atomic mass is 31.1. The van der Waals surface area contributed by atoms with E-state index < -0.39 is 7.92 Å². The Kier molecular flexibility index (Phi) is 6.74. The number of allylic oxidation sites excluding steroid dienone is 1. The van der Waals surface area contributed by atoms with Crippen LogP contribution < -0.4 is 10.6 Å². The van der Waals surface area contributed by atoms with Gasteiger partial charge in [-0.3, -0.25) is 0 Å². The largest absolute Gasteiger partial charge is 0.385 e. The number of methoxy groups -OCH3 is 1. The zero-order chi connectivity index (χ0) is 27.9. The van der Waals surface area contributed by atoms with Gasteiger partial charge in [-0.15, -0.1) is 0 Å². The lowest BCUT2D eigenvalue weighted by Gasteiger charge is -2.55. The molecule has 0 amide bonds. The highest BCUT2D eigenvalue weighted by molar-refractivity contribution is 7.74. The molecule has 0 fully saturated rings. The molecule has 0 N–H and O–H groups in total. The fourth-order valence-corrected chi connectivity index (χ4v) is 11.3. The third-order valence-electron chi connectivity index (χ3n) is 9.48. The second kappa shape index (κ2) is 10.6. The number of fused-ring (bicyclic) bond motifs is 4. The van der Waals surface area contributed by atoms with Crippen LogP contribution in [0.5, 0.6) is 0 Å².